The van der Waals surface area contributed by atoms with Crippen molar-refractivity contribution in [3.63, 3.8) is 0 Å². The zero-order valence-electron chi connectivity index (χ0n) is 24.9. The van der Waals surface area contributed by atoms with Crippen LogP contribution in [-0.4, -0.2) is 86.4 Å². The van der Waals surface area contributed by atoms with E-state index in [9.17, 15) is 23.6 Å². The van der Waals surface area contributed by atoms with Gasteiger partial charge in [-0.15, -0.1) is 0 Å². The fraction of sp³-hybridized carbons (Fsp3) is 0.484. The highest BCUT2D eigenvalue weighted by Crippen LogP contribution is 2.28. The van der Waals surface area contributed by atoms with E-state index >= 15 is 0 Å². The number of aryl methyl sites for hydroxylation is 1. The van der Waals surface area contributed by atoms with Crippen LogP contribution in [0.25, 0.3) is 0 Å². The quantitative estimate of drug-likeness (QED) is 0.546. The monoisotopic (exact) mass is 618 g/mol. The normalized spacial score (nSPS) is 18.4. The highest BCUT2D eigenvalue weighted by atomic mass is 35.5. The molecule has 3 rings (SSSR count). The third-order valence-corrected chi connectivity index (χ3v) is 7.51. The topological polar surface area (TPSA) is 117 Å². The van der Waals surface area contributed by atoms with E-state index < -0.39 is 17.8 Å². The first-order valence-electron chi connectivity index (χ1n) is 14.4. The van der Waals surface area contributed by atoms with Crippen LogP contribution in [0.1, 0.15) is 43.7 Å². The van der Waals surface area contributed by atoms with Crippen molar-refractivity contribution in [2.75, 3.05) is 46.9 Å². The first-order valence-corrected chi connectivity index (χ1v) is 14.8. The fourth-order valence-electron chi connectivity index (χ4n) is 4.71. The molecule has 0 aromatic heterocycles. The molecule has 43 heavy (non-hydrogen) atoms. The fourth-order valence-corrected chi connectivity index (χ4v) is 4.95. The van der Waals surface area contributed by atoms with Crippen molar-refractivity contribution in [2.45, 2.75) is 51.5 Å². The average molecular weight is 619 g/mol. The van der Waals surface area contributed by atoms with Gasteiger partial charge in [0.15, 0.2) is 18.1 Å². The van der Waals surface area contributed by atoms with Crippen LogP contribution in [0.15, 0.2) is 36.4 Å². The van der Waals surface area contributed by atoms with Crippen LogP contribution in [-0.2, 0) is 32.0 Å². The molecule has 12 heteroatoms. The van der Waals surface area contributed by atoms with Crippen LogP contribution in [0, 0.1) is 5.82 Å². The van der Waals surface area contributed by atoms with E-state index in [2.05, 4.69) is 10.6 Å². The summed E-state index contributed by atoms with van der Waals surface area (Å²) in [5.41, 5.74) is 1.36. The molecular weight excluding hydrogens is 579 g/mol. The van der Waals surface area contributed by atoms with Crippen molar-refractivity contribution in [3.8, 4) is 11.5 Å². The number of likely N-dealkylation sites (N-methyl/N-ethyl adjacent to an activating group) is 1. The number of halogens is 2. The molecule has 0 spiro atoms. The standard InChI is InChI=1S/C31H40ClFN4O6/c1-21-31(41)36(2)14-4-5-15-37(30(40)18-23-9-10-24(33)19-25(23)32)16-6-13-34-28(38)12-8-22-7-11-26(42-3)27(17-22)43-20-29(39)35-21/h7,9-11,17,19,21H,4-6,8,12-16,18,20H2,1-3H3,(H,34,38)(H,35,39)/t21-/m0/s1. The number of rotatable bonds is 3. The van der Waals surface area contributed by atoms with Gasteiger partial charge in [0, 0.05) is 44.7 Å². The second kappa shape index (κ2) is 16.7. The predicted octanol–water partition coefficient (Wildman–Crippen LogP) is 3.13. The summed E-state index contributed by atoms with van der Waals surface area (Å²) in [7, 11) is 3.16. The van der Waals surface area contributed by atoms with Gasteiger partial charge in [0.2, 0.25) is 17.7 Å². The molecule has 2 N–H and O–H groups in total. The molecule has 0 radical (unpaired) electrons. The van der Waals surface area contributed by atoms with Crippen LogP contribution < -0.4 is 20.1 Å². The van der Waals surface area contributed by atoms with Crippen molar-refractivity contribution in [1.29, 1.82) is 0 Å². The van der Waals surface area contributed by atoms with Crippen molar-refractivity contribution in [3.05, 3.63) is 58.4 Å². The maximum absolute atomic E-state index is 13.5. The summed E-state index contributed by atoms with van der Waals surface area (Å²) in [4.78, 5) is 54.4. The largest absolute Gasteiger partial charge is 0.493 e. The van der Waals surface area contributed by atoms with Gasteiger partial charge < -0.3 is 29.9 Å². The second-order valence-corrected chi connectivity index (χ2v) is 10.9. The number of ether oxygens (including phenoxy) is 2. The smallest absolute Gasteiger partial charge is 0.258 e. The molecule has 1 aliphatic heterocycles. The van der Waals surface area contributed by atoms with Crippen LogP contribution in [0.3, 0.4) is 0 Å². The number of hydrogen-bond acceptors (Lipinski definition) is 6. The zero-order chi connectivity index (χ0) is 31.4. The molecule has 4 amide bonds. The SMILES string of the molecule is COc1ccc2cc1OCC(=O)N[C@@H](C)C(=O)N(C)CCCCN(C(=O)Cc1ccc(F)cc1Cl)CCCNC(=O)CC2. The lowest BCUT2D eigenvalue weighted by atomic mass is 10.1. The molecule has 1 heterocycles. The summed E-state index contributed by atoms with van der Waals surface area (Å²) in [6.07, 6.45) is 2.50. The molecule has 0 fully saturated rings. The van der Waals surface area contributed by atoms with Crippen molar-refractivity contribution in [2.24, 2.45) is 0 Å². The molecule has 0 saturated carbocycles. The molecule has 1 atom stereocenters. The third kappa shape index (κ3) is 10.7. The number of fused-ring (bicyclic) bond motifs is 2. The molecule has 2 aromatic rings. The third-order valence-electron chi connectivity index (χ3n) is 7.16. The van der Waals surface area contributed by atoms with Crippen molar-refractivity contribution >= 4 is 35.2 Å². The summed E-state index contributed by atoms with van der Waals surface area (Å²) in [6.45, 7) is 2.98. The minimum absolute atomic E-state index is 0.0225. The van der Waals surface area contributed by atoms with Crippen molar-refractivity contribution < 1.29 is 33.0 Å². The molecule has 234 valence electrons. The number of carbonyl (C=O) groups excluding carboxylic acids is 4. The van der Waals surface area contributed by atoms with E-state index in [1.165, 1.54) is 25.3 Å². The first-order chi connectivity index (χ1) is 20.6. The van der Waals surface area contributed by atoms with E-state index in [1.807, 2.05) is 6.07 Å². The summed E-state index contributed by atoms with van der Waals surface area (Å²) >= 11 is 6.15. The Balaban J connectivity index is 1.71. The Hall–Kier alpha value is -3.86. The van der Waals surface area contributed by atoms with E-state index in [1.54, 1.807) is 35.9 Å². The predicted molar refractivity (Wildman–Crippen MR) is 161 cm³/mol. The van der Waals surface area contributed by atoms with Gasteiger partial charge in [-0.25, -0.2) is 4.39 Å². The highest BCUT2D eigenvalue weighted by Gasteiger charge is 2.21. The molecule has 0 aliphatic carbocycles. The van der Waals surface area contributed by atoms with Gasteiger partial charge in [-0.05, 0) is 68.0 Å². The van der Waals surface area contributed by atoms with Gasteiger partial charge >= 0.3 is 0 Å². The maximum Gasteiger partial charge on any atom is 0.258 e. The summed E-state index contributed by atoms with van der Waals surface area (Å²) in [6, 6.07) is 8.46. The lowest BCUT2D eigenvalue weighted by molar-refractivity contribution is -0.135. The van der Waals surface area contributed by atoms with Gasteiger partial charge in [-0.2, -0.15) is 0 Å². The summed E-state index contributed by atoms with van der Waals surface area (Å²) in [5, 5.41) is 5.76. The van der Waals surface area contributed by atoms with Crippen molar-refractivity contribution in [1.82, 2.24) is 20.4 Å². The lowest BCUT2D eigenvalue weighted by Crippen LogP contribution is -2.47. The number of nitrogens with zero attached hydrogens (tertiary/aromatic N) is 2. The Labute approximate surface area is 256 Å². The number of carbonyl (C=O) groups is 4. The van der Waals surface area contributed by atoms with E-state index in [0.29, 0.717) is 68.9 Å². The molecule has 10 nitrogen and oxygen atoms in total. The Kier molecular flexibility index (Phi) is 13.1. The van der Waals surface area contributed by atoms with Crippen LogP contribution in [0.4, 0.5) is 4.39 Å². The second-order valence-electron chi connectivity index (χ2n) is 10.5. The molecule has 2 aromatic carbocycles. The first kappa shape index (κ1) is 33.6. The summed E-state index contributed by atoms with van der Waals surface area (Å²) < 4.78 is 24.5. The van der Waals surface area contributed by atoms with Crippen LogP contribution in [0.5, 0.6) is 11.5 Å². The number of nitrogens with one attached hydrogen (secondary N) is 2. The number of hydrogen-bond donors (Lipinski definition) is 2. The van der Waals surface area contributed by atoms with Crippen LogP contribution in [0.2, 0.25) is 5.02 Å². The Morgan fingerprint density at radius 3 is 2.53 bits per heavy atom. The molecule has 0 unspecified atom stereocenters. The van der Waals surface area contributed by atoms with E-state index in [4.69, 9.17) is 21.1 Å². The Bertz CT molecular complexity index is 1290. The molecule has 1 aliphatic rings. The van der Waals surface area contributed by atoms with E-state index in [0.717, 1.165) is 5.56 Å². The highest BCUT2D eigenvalue weighted by molar-refractivity contribution is 6.31. The number of methoxy groups -OCH3 is 1. The van der Waals surface area contributed by atoms with Gasteiger partial charge in [0.1, 0.15) is 11.9 Å². The van der Waals surface area contributed by atoms with Gasteiger partial charge in [0.05, 0.1) is 13.5 Å². The minimum atomic E-state index is -0.760. The maximum atomic E-state index is 13.5. The molecular formula is C31H40ClFN4O6. The number of amides is 4. The zero-order valence-corrected chi connectivity index (χ0v) is 25.7. The van der Waals surface area contributed by atoms with E-state index in [-0.39, 0.29) is 42.2 Å². The van der Waals surface area contributed by atoms with Gasteiger partial charge in [0.25, 0.3) is 5.91 Å². The van der Waals surface area contributed by atoms with Gasteiger partial charge in [-0.3, -0.25) is 19.2 Å². The molecule has 2 bridgehead atoms. The Morgan fingerprint density at radius 1 is 1.05 bits per heavy atom. The van der Waals surface area contributed by atoms with Gasteiger partial charge in [-0.1, -0.05) is 23.7 Å². The lowest BCUT2D eigenvalue weighted by Gasteiger charge is -2.25. The Morgan fingerprint density at radius 2 is 1.79 bits per heavy atom. The average Bonchev–Trinajstić information content (AvgIpc) is 2.98. The molecule has 0 saturated heterocycles. The number of benzene rings is 2. The minimum Gasteiger partial charge on any atom is -0.493 e. The van der Waals surface area contributed by atoms with Crippen LogP contribution >= 0.6 is 11.6 Å². The summed E-state index contributed by atoms with van der Waals surface area (Å²) in [5.74, 6) is -0.659.